The molecule has 1 aromatic rings. The number of hydrogen-bond acceptors (Lipinski definition) is 4. The maximum atomic E-state index is 11.8. The van der Waals surface area contributed by atoms with Crippen LogP contribution in [0.2, 0.25) is 0 Å². The number of aromatic nitrogens is 1. The first-order valence-electron chi connectivity index (χ1n) is 6.47. The molecule has 0 radical (unpaired) electrons. The van der Waals surface area contributed by atoms with Gasteiger partial charge in [0, 0.05) is 19.3 Å². The van der Waals surface area contributed by atoms with Crippen molar-refractivity contribution in [3.05, 3.63) is 17.8 Å². The number of nitrogens with zero attached hydrogens (tertiary/aromatic N) is 1. The minimum absolute atomic E-state index is 0.203. The lowest BCUT2D eigenvalue weighted by Gasteiger charge is -2.21. The molecule has 1 fully saturated rings. The van der Waals surface area contributed by atoms with Crippen molar-refractivity contribution in [3.8, 4) is 11.6 Å². The third-order valence-corrected chi connectivity index (χ3v) is 2.54. The summed E-state index contributed by atoms with van der Waals surface area (Å²) in [4.78, 5) is 15.9. The van der Waals surface area contributed by atoms with Crippen molar-refractivity contribution < 1.29 is 14.3 Å². The van der Waals surface area contributed by atoms with E-state index < -0.39 is 0 Å². The van der Waals surface area contributed by atoms with Crippen molar-refractivity contribution in [2.75, 3.05) is 7.05 Å². The zero-order chi connectivity index (χ0) is 14.0. The van der Waals surface area contributed by atoms with Crippen molar-refractivity contribution in [2.24, 2.45) is 0 Å². The molecule has 0 aromatic carbocycles. The number of pyridine rings is 1. The number of carbonyl (C=O) groups is 1. The third-order valence-electron chi connectivity index (χ3n) is 2.54. The van der Waals surface area contributed by atoms with E-state index in [1.807, 2.05) is 20.8 Å². The van der Waals surface area contributed by atoms with Gasteiger partial charge in [-0.15, -0.1) is 0 Å². The highest BCUT2D eigenvalue weighted by molar-refractivity contribution is 5.96. The Morgan fingerprint density at radius 3 is 2.63 bits per heavy atom. The van der Waals surface area contributed by atoms with Crippen molar-refractivity contribution in [2.45, 2.75) is 45.3 Å². The highest BCUT2D eigenvalue weighted by Gasteiger charge is 2.26. The van der Waals surface area contributed by atoms with Crippen LogP contribution >= 0.6 is 0 Å². The molecule has 1 aliphatic carbocycles. The van der Waals surface area contributed by atoms with Gasteiger partial charge in [0.25, 0.3) is 5.91 Å². The predicted octanol–water partition coefficient (Wildman–Crippen LogP) is 2.16. The van der Waals surface area contributed by atoms with E-state index in [1.165, 1.54) is 6.20 Å². The van der Waals surface area contributed by atoms with Crippen LogP contribution in [-0.4, -0.2) is 29.6 Å². The first kappa shape index (κ1) is 13.6. The molecule has 1 aromatic heterocycles. The first-order valence-corrected chi connectivity index (χ1v) is 6.47. The second-order valence-corrected chi connectivity index (χ2v) is 5.63. The Labute approximate surface area is 113 Å². The quantitative estimate of drug-likeness (QED) is 0.905. The van der Waals surface area contributed by atoms with Gasteiger partial charge in [0.2, 0.25) is 5.88 Å². The fourth-order valence-electron chi connectivity index (χ4n) is 1.56. The van der Waals surface area contributed by atoms with Crippen molar-refractivity contribution in [3.63, 3.8) is 0 Å². The van der Waals surface area contributed by atoms with E-state index in [-0.39, 0.29) is 17.6 Å². The second kappa shape index (κ2) is 5.07. The van der Waals surface area contributed by atoms with Gasteiger partial charge in [0.1, 0.15) is 11.4 Å². The molecule has 0 unspecified atom stereocenters. The molecule has 0 atom stereocenters. The smallest absolute Gasteiger partial charge is 0.256 e. The van der Waals surface area contributed by atoms with Crippen LogP contribution < -0.4 is 14.8 Å². The van der Waals surface area contributed by atoms with Crippen molar-refractivity contribution in [1.82, 2.24) is 10.3 Å². The lowest BCUT2D eigenvalue weighted by atomic mass is 10.2. The van der Waals surface area contributed by atoms with Crippen LogP contribution in [0.25, 0.3) is 0 Å². The highest BCUT2D eigenvalue weighted by Crippen LogP contribution is 2.31. The first-order chi connectivity index (χ1) is 8.89. The van der Waals surface area contributed by atoms with Gasteiger partial charge < -0.3 is 14.8 Å². The molecule has 19 heavy (non-hydrogen) atoms. The Morgan fingerprint density at radius 1 is 1.42 bits per heavy atom. The Balaban J connectivity index is 2.26. The average molecular weight is 264 g/mol. The monoisotopic (exact) mass is 264 g/mol. The Morgan fingerprint density at radius 2 is 2.11 bits per heavy atom. The molecule has 0 bridgehead atoms. The summed E-state index contributed by atoms with van der Waals surface area (Å²) < 4.78 is 11.4. The molecule has 1 N–H and O–H groups in total. The van der Waals surface area contributed by atoms with E-state index in [9.17, 15) is 4.79 Å². The summed E-state index contributed by atoms with van der Waals surface area (Å²) in [5, 5.41) is 2.58. The van der Waals surface area contributed by atoms with E-state index in [4.69, 9.17) is 9.47 Å². The molecule has 1 amide bonds. The van der Waals surface area contributed by atoms with Gasteiger partial charge in [0.05, 0.1) is 11.7 Å². The Hall–Kier alpha value is -1.78. The van der Waals surface area contributed by atoms with Crippen LogP contribution in [-0.2, 0) is 0 Å². The zero-order valence-corrected chi connectivity index (χ0v) is 11.8. The fourth-order valence-corrected chi connectivity index (χ4v) is 1.56. The zero-order valence-electron chi connectivity index (χ0n) is 11.8. The number of amides is 1. The van der Waals surface area contributed by atoms with Gasteiger partial charge in [0.15, 0.2) is 0 Å². The topological polar surface area (TPSA) is 60.5 Å². The van der Waals surface area contributed by atoms with Crippen LogP contribution in [0.3, 0.4) is 0 Å². The molecule has 0 spiro atoms. The average Bonchev–Trinajstić information content (AvgIpc) is 3.10. The minimum Gasteiger partial charge on any atom is -0.489 e. The second-order valence-electron chi connectivity index (χ2n) is 5.63. The summed E-state index contributed by atoms with van der Waals surface area (Å²) >= 11 is 0. The Bertz CT molecular complexity index is 476. The summed E-state index contributed by atoms with van der Waals surface area (Å²) in [5.41, 5.74) is 0.105. The van der Waals surface area contributed by atoms with Crippen molar-refractivity contribution in [1.29, 1.82) is 0 Å². The minimum atomic E-state index is -0.335. The molecular weight excluding hydrogens is 244 g/mol. The SMILES string of the molecule is CNC(=O)c1cnc(OC(C)(C)C)cc1OC1CC1. The third kappa shape index (κ3) is 3.84. The number of rotatable bonds is 4. The summed E-state index contributed by atoms with van der Waals surface area (Å²) in [6.45, 7) is 5.84. The van der Waals surface area contributed by atoms with Crippen molar-refractivity contribution >= 4 is 5.91 Å². The highest BCUT2D eigenvalue weighted by atomic mass is 16.5. The van der Waals surface area contributed by atoms with Crippen LogP contribution in [0.5, 0.6) is 11.6 Å². The lowest BCUT2D eigenvalue weighted by molar-refractivity contribution is 0.0957. The molecule has 1 aliphatic rings. The molecule has 2 rings (SSSR count). The molecular formula is C14H20N2O3. The van der Waals surface area contributed by atoms with E-state index in [0.29, 0.717) is 17.2 Å². The summed E-state index contributed by atoms with van der Waals surface area (Å²) in [6.07, 6.45) is 3.78. The standard InChI is InChI=1S/C14H20N2O3/c1-14(2,3)19-12-7-11(18-9-5-6-9)10(8-16-12)13(17)15-4/h7-9H,5-6H2,1-4H3,(H,15,17). The molecule has 0 saturated heterocycles. The van der Waals surface area contributed by atoms with E-state index in [0.717, 1.165) is 12.8 Å². The van der Waals surface area contributed by atoms with Gasteiger partial charge in [-0.3, -0.25) is 4.79 Å². The number of nitrogens with one attached hydrogen (secondary N) is 1. The van der Waals surface area contributed by atoms with E-state index in [1.54, 1.807) is 13.1 Å². The lowest BCUT2D eigenvalue weighted by Crippen LogP contribution is -2.24. The summed E-state index contributed by atoms with van der Waals surface area (Å²) in [5.74, 6) is 0.803. The Kier molecular flexibility index (Phi) is 3.64. The number of carbonyl (C=O) groups excluding carboxylic acids is 1. The normalized spacial score (nSPS) is 14.9. The van der Waals surface area contributed by atoms with E-state index in [2.05, 4.69) is 10.3 Å². The largest absolute Gasteiger partial charge is 0.489 e. The fraction of sp³-hybridized carbons (Fsp3) is 0.571. The van der Waals surface area contributed by atoms with Gasteiger partial charge in [-0.05, 0) is 33.6 Å². The maximum Gasteiger partial charge on any atom is 0.256 e. The van der Waals surface area contributed by atoms with Gasteiger partial charge in [-0.25, -0.2) is 4.98 Å². The summed E-state index contributed by atoms with van der Waals surface area (Å²) in [6, 6.07) is 1.69. The van der Waals surface area contributed by atoms with Crippen LogP contribution in [0, 0.1) is 0 Å². The molecule has 5 nitrogen and oxygen atoms in total. The molecule has 1 heterocycles. The number of ether oxygens (including phenoxy) is 2. The van der Waals surface area contributed by atoms with Gasteiger partial charge in [-0.2, -0.15) is 0 Å². The van der Waals surface area contributed by atoms with Crippen LogP contribution in [0.1, 0.15) is 44.0 Å². The van der Waals surface area contributed by atoms with Crippen LogP contribution in [0.4, 0.5) is 0 Å². The molecule has 5 heteroatoms. The maximum absolute atomic E-state index is 11.8. The van der Waals surface area contributed by atoms with E-state index >= 15 is 0 Å². The molecule has 0 aliphatic heterocycles. The van der Waals surface area contributed by atoms with Crippen LogP contribution in [0.15, 0.2) is 12.3 Å². The number of hydrogen-bond donors (Lipinski definition) is 1. The summed E-state index contributed by atoms with van der Waals surface area (Å²) in [7, 11) is 1.59. The van der Waals surface area contributed by atoms with Gasteiger partial charge in [-0.1, -0.05) is 0 Å². The van der Waals surface area contributed by atoms with Gasteiger partial charge >= 0.3 is 0 Å². The molecule has 104 valence electrons. The predicted molar refractivity (Wildman–Crippen MR) is 71.7 cm³/mol. The molecule has 1 saturated carbocycles.